The zero-order valence-corrected chi connectivity index (χ0v) is 10.8. The molecule has 0 unspecified atom stereocenters. The van der Waals surface area contributed by atoms with Gasteiger partial charge < -0.3 is 16.2 Å². The second-order valence-corrected chi connectivity index (χ2v) is 4.33. The minimum Gasteiger partial charge on any atom is -0.480 e. The summed E-state index contributed by atoms with van der Waals surface area (Å²) >= 11 is 0. The van der Waals surface area contributed by atoms with E-state index in [4.69, 9.17) is 10.8 Å². The van der Waals surface area contributed by atoms with Gasteiger partial charge in [0, 0.05) is 5.56 Å². The molecule has 0 fully saturated rings. The predicted molar refractivity (Wildman–Crippen MR) is 68.6 cm³/mol. The molecule has 0 heterocycles. The largest absolute Gasteiger partial charge is 0.480 e. The molecule has 1 atom stereocenters. The zero-order chi connectivity index (χ0) is 14.6. The molecule has 0 aliphatic carbocycles. The fourth-order valence-electron chi connectivity index (χ4n) is 1.53. The fourth-order valence-corrected chi connectivity index (χ4v) is 1.53. The third-order valence-electron chi connectivity index (χ3n) is 2.78. The molecule has 6 heteroatoms. The van der Waals surface area contributed by atoms with Gasteiger partial charge in [0.1, 0.15) is 6.04 Å². The SMILES string of the molecule is Cc1ccc(C(=O)N[C@H](CC(N)=O)C(=O)O)cc1C. The highest BCUT2D eigenvalue weighted by atomic mass is 16.4. The van der Waals surface area contributed by atoms with Crippen molar-refractivity contribution in [1.29, 1.82) is 0 Å². The molecule has 6 nitrogen and oxygen atoms in total. The molecule has 4 N–H and O–H groups in total. The highest BCUT2D eigenvalue weighted by Gasteiger charge is 2.22. The maximum Gasteiger partial charge on any atom is 0.326 e. The number of amides is 2. The van der Waals surface area contributed by atoms with Crippen LogP contribution in [0.1, 0.15) is 27.9 Å². The van der Waals surface area contributed by atoms with Gasteiger partial charge in [0.15, 0.2) is 0 Å². The number of benzene rings is 1. The van der Waals surface area contributed by atoms with Gasteiger partial charge in [-0.3, -0.25) is 9.59 Å². The van der Waals surface area contributed by atoms with Gasteiger partial charge in [-0.1, -0.05) is 6.07 Å². The minimum absolute atomic E-state index is 0.346. The van der Waals surface area contributed by atoms with Crippen LogP contribution in [-0.2, 0) is 9.59 Å². The maximum atomic E-state index is 11.9. The van der Waals surface area contributed by atoms with E-state index in [-0.39, 0.29) is 0 Å². The Morgan fingerprint density at radius 1 is 1.26 bits per heavy atom. The van der Waals surface area contributed by atoms with Crippen molar-refractivity contribution in [3.05, 3.63) is 34.9 Å². The summed E-state index contributed by atoms with van der Waals surface area (Å²) in [7, 11) is 0. The first kappa shape index (κ1) is 14.7. The third-order valence-corrected chi connectivity index (χ3v) is 2.78. The average molecular weight is 264 g/mol. The van der Waals surface area contributed by atoms with E-state index in [0.717, 1.165) is 11.1 Å². The van der Waals surface area contributed by atoms with Gasteiger partial charge in [0.05, 0.1) is 6.42 Å². The van der Waals surface area contributed by atoms with Crippen LogP contribution < -0.4 is 11.1 Å². The maximum absolute atomic E-state index is 11.9. The second kappa shape index (κ2) is 5.99. The number of hydrogen-bond acceptors (Lipinski definition) is 3. The number of carbonyl (C=O) groups excluding carboxylic acids is 2. The molecule has 19 heavy (non-hydrogen) atoms. The Morgan fingerprint density at radius 2 is 1.89 bits per heavy atom. The molecule has 1 aromatic rings. The lowest BCUT2D eigenvalue weighted by Gasteiger charge is -2.13. The Balaban J connectivity index is 2.84. The van der Waals surface area contributed by atoms with Crippen molar-refractivity contribution in [2.24, 2.45) is 5.73 Å². The summed E-state index contributed by atoms with van der Waals surface area (Å²) < 4.78 is 0. The Morgan fingerprint density at radius 3 is 2.37 bits per heavy atom. The van der Waals surface area contributed by atoms with E-state index in [1.165, 1.54) is 0 Å². The van der Waals surface area contributed by atoms with Crippen LogP contribution >= 0.6 is 0 Å². The molecular weight excluding hydrogens is 248 g/mol. The molecule has 102 valence electrons. The lowest BCUT2D eigenvalue weighted by Crippen LogP contribution is -2.43. The van der Waals surface area contributed by atoms with Crippen LogP contribution in [0.25, 0.3) is 0 Å². The molecule has 2 amide bonds. The summed E-state index contributed by atoms with van der Waals surface area (Å²) in [6.07, 6.45) is -0.439. The molecule has 0 aliphatic heterocycles. The lowest BCUT2D eigenvalue weighted by molar-refractivity contribution is -0.140. The van der Waals surface area contributed by atoms with Crippen LogP contribution in [0.5, 0.6) is 0 Å². The number of hydrogen-bond donors (Lipinski definition) is 3. The van der Waals surface area contributed by atoms with Gasteiger partial charge in [-0.2, -0.15) is 0 Å². The van der Waals surface area contributed by atoms with Gasteiger partial charge in [0.2, 0.25) is 5.91 Å². The Labute approximate surface area is 110 Å². The summed E-state index contributed by atoms with van der Waals surface area (Å²) in [4.78, 5) is 33.5. The number of carboxylic acids is 1. The van der Waals surface area contributed by atoms with E-state index >= 15 is 0 Å². The van der Waals surface area contributed by atoms with E-state index in [0.29, 0.717) is 5.56 Å². The Kier molecular flexibility index (Phi) is 4.63. The lowest BCUT2D eigenvalue weighted by atomic mass is 10.1. The molecular formula is C13H16N2O4. The van der Waals surface area contributed by atoms with Crippen molar-refractivity contribution >= 4 is 17.8 Å². The van der Waals surface area contributed by atoms with E-state index in [1.807, 2.05) is 13.8 Å². The second-order valence-electron chi connectivity index (χ2n) is 4.33. The van der Waals surface area contributed by atoms with Crippen LogP contribution in [-0.4, -0.2) is 28.9 Å². The van der Waals surface area contributed by atoms with Gasteiger partial charge in [-0.25, -0.2) is 4.79 Å². The first-order chi connectivity index (χ1) is 8.81. The number of primary amides is 1. The van der Waals surface area contributed by atoms with Crippen molar-refractivity contribution in [1.82, 2.24) is 5.32 Å². The molecule has 0 saturated carbocycles. The molecule has 0 aromatic heterocycles. The highest BCUT2D eigenvalue weighted by molar-refractivity contribution is 5.97. The summed E-state index contributed by atoms with van der Waals surface area (Å²) in [5, 5.41) is 11.2. The fraction of sp³-hybridized carbons (Fsp3) is 0.308. The molecule has 1 rings (SSSR count). The molecule has 0 spiro atoms. The average Bonchev–Trinajstić information content (AvgIpc) is 2.31. The first-order valence-electron chi connectivity index (χ1n) is 5.70. The number of carbonyl (C=O) groups is 3. The van der Waals surface area contributed by atoms with E-state index < -0.39 is 30.2 Å². The standard InChI is InChI=1S/C13H16N2O4/c1-7-3-4-9(5-8(7)2)12(17)15-10(13(18)19)6-11(14)16/h3-5,10H,6H2,1-2H3,(H2,14,16)(H,15,17)(H,18,19)/t10-/m1/s1. The number of aryl methyl sites for hydroxylation is 2. The van der Waals surface area contributed by atoms with Crippen molar-refractivity contribution in [3.63, 3.8) is 0 Å². The third kappa shape index (κ3) is 4.09. The van der Waals surface area contributed by atoms with Crippen molar-refractivity contribution in [3.8, 4) is 0 Å². The van der Waals surface area contributed by atoms with Gasteiger partial charge >= 0.3 is 5.97 Å². The van der Waals surface area contributed by atoms with Crippen molar-refractivity contribution < 1.29 is 19.5 Å². The number of nitrogens with one attached hydrogen (secondary N) is 1. The summed E-state index contributed by atoms with van der Waals surface area (Å²) in [5.74, 6) is -2.62. The number of carboxylic acid groups (broad SMARTS) is 1. The zero-order valence-electron chi connectivity index (χ0n) is 10.8. The topological polar surface area (TPSA) is 109 Å². The molecule has 0 aliphatic rings. The first-order valence-corrected chi connectivity index (χ1v) is 5.70. The van der Waals surface area contributed by atoms with Gasteiger partial charge in [-0.05, 0) is 37.1 Å². The summed E-state index contributed by atoms with van der Waals surface area (Å²) in [6.45, 7) is 3.76. The summed E-state index contributed by atoms with van der Waals surface area (Å²) in [6, 6.07) is 3.72. The molecule has 1 aromatic carbocycles. The number of nitrogens with two attached hydrogens (primary N) is 1. The van der Waals surface area contributed by atoms with Crippen LogP contribution in [0.3, 0.4) is 0 Å². The monoisotopic (exact) mass is 264 g/mol. The molecule has 0 bridgehead atoms. The predicted octanol–water partition coefficient (Wildman–Crippen LogP) is 0.362. The van der Waals surface area contributed by atoms with Crippen LogP contribution in [0.15, 0.2) is 18.2 Å². The van der Waals surface area contributed by atoms with Gasteiger partial charge in [-0.15, -0.1) is 0 Å². The van der Waals surface area contributed by atoms with Crippen molar-refractivity contribution in [2.75, 3.05) is 0 Å². The van der Waals surface area contributed by atoms with E-state index in [9.17, 15) is 14.4 Å². The Hall–Kier alpha value is -2.37. The Bertz CT molecular complexity index is 525. The van der Waals surface area contributed by atoms with Gasteiger partial charge in [0.25, 0.3) is 5.91 Å². The van der Waals surface area contributed by atoms with Crippen molar-refractivity contribution in [2.45, 2.75) is 26.3 Å². The minimum atomic E-state index is -1.31. The van der Waals surface area contributed by atoms with Crippen LogP contribution in [0.4, 0.5) is 0 Å². The molecule has 0 saturated heterocycles. The molecule has 0 radical (unpaired) electrons. The smallest absolute Gasteiger partial charge is 0.326 e. The van der Waals surface area contributed by atoms with E-state index in [2.05, 4.69) is 5.32 Å². The van der Waals surface area contributed by atoms with Crippen LogP contribution in [0, 0.1) is 13.8 Å². The highest BCUT2D eigenvalue weighted by Crippen LogP contribution is 2.10. The number of aliphatic carboxylic acids is 1. The quantitative estimate of drug-likeness (QED) is 0.713. The van der Waals surface area contributed by atoms with E-state index in [1.54, 1.807) is 18.2 Å². The summed E-state index contributed by atoms with van der Waals surface area (Å²) in [5.41, 5.74) is 7.24. The normalized spacial score (nSPS) is 11.7. The van der Waals surface area contributed by atoms with Crippen LogP contribution in [0.2, 0.25) is 0 Å². The number of rotatable bonds is 5.